The summed E-state index contributed by atoms with van der Waals surface area (Å²) >= 11 is 0. The van der Waals surface area contributed by atoms with E-state index in [9.17, 15) is 13.2 Å². The van der Waals surface area contributed by atoms with E-state index in [1.54, 1.807) is 24.3 Å². The zero-order valence-corrected chi connectivity index (χ0v) is 9.63. The molecule has 0 aliphatic carbocycles. The maximum absolute atomic E-state index is 11.9. The number of hydrogen-bond acceptors (Lipinski definition) is 2. The summed E-state index contributed by atoms with van der Waals surface area (Å²) in [5.74, 6) is 0.432. The Balaban J connectivity index is 2.46. The summed E-state index contributed by atoms with van der Waals surface area (Å²) in [7, 11) is 0. The number of ether oxygens (including phenoxy) is 1. The van der Waals surface area contributed by atoms with Crippen molar-refractivity contribution in [2.45, 2.75) is 32.0 Å². The molecular weight excluding hydrogens is 231 g/mol. The van der Waals surface area contributed by atoms with Gasteiger partial charge in [-0.15, -0.1) is 0 Å². The third kappa shape index (κ3) is 5.08. The number of benzene rings is 1. The van der Waals surface area contributed by atoms with Gasteiger partial charge in [0.2, 0.25) is 0 Å². The monoisotopic (exact) mass is 247 g/mol. The quantitative estimate of drug-likeness (QED) is 0.865. The second kappa shape index (κ2) is 5.91. The van der Waals surface area contributed by atoms with Gasteiger partial charge < -0.3 is 10.5 Å². The third-order valence-corrected chi connectivity index (χ3v) is 2.40. The highest BCUT2D eigenvalue weighted by Gasteiger charge is 2.26. The van der Waals surface area contributed by atoms with Crippen LogP contribution >= 0.6 is 0 Å². The smallest absolute Gasteiger partial charge is 0.392 e. The van der Waals surface area contributed by atoms with Gasteiger partial charge in [-0.1, -0.05) is 19.1 Å². The fourth-order valence-corrected chi connectivity index (χ4v) is 1.33. The first-order chi connectivity index (χ1) is 7.92. The van der Waals surface area contributed by atoms with E-state index < -0.39 is 12.6 Å². The number of alkyl halides is 3. The maximum atomic E-state index is 11.9. The summed E-state index contributed by atoms with van der Waals surface area (Å²) in [6, 6.07) is 6.79. The summed E-state index contributed by atoms with van der Waals surface area (Å²) in [6.07, 6.45) is -4.30. The molecule has 0 aliphatic rings. The molecule has 0 bridgehead atoms. The lowest BCUT2D eigenvalue weighted by Crippen LogP contribution is -2.13. The number of hydrogen-bond donors (Lipinski definition) is 1. The molecule has 1 aromatic carbocycles. The summed E-state index contributed by atoms with van der Waals surface area (Å²) in [5, 5.41) is 0. The average molecular weight is 247 g/mol. The van der Waals surface area contributed by atoms with Gasteiger partial charge in [-0.2, -0.15) is 13.2 Å². The fraction of sp³-hybridized carbons (Fsp3) is 0.500. The van der Waals surface area contributed by atoms with Crippen molar-refractivity contribution in [2.24, 2.45) is 5.73 Å². The highest BCUT2D eigenvalue weighted by Crippen LogP contribution is 2.21. The highest BCUT2D eigenvalue weighted by molar-refractivity contribution is 5.28. The SMILES string of the molecule is CCC(N)c1ccc(OCCC(F)(F)F)cc1. The molecule has 1 atom stereocenters. The van der Waals surface area contributed by atoms with Gasteiger partial charge in [-0.3, -0.25) is 0 Å². The first kappa shape index (κ1) is 13.8. The van der Waals surface area contributed by atoms with Gasteiger partial charge in [-0.05, 0) is 24.1 Å². The molecule has 17 heavy (non-hydrogen) atoms. The predicted molar refractivity (Wildman–Crippen MR) is 59.8 cm³/mol. The van der Waals surface area contributed by atoms with Gasteiger partial charge in [0.05, 0.1) is 13.0 Å². The number of halogens is 3. The van der Waals surface area contributed by atoms with Crippen LogP contribution in [0.25, 0.3) is 0 Å². The van der Waals surface area contributed by atoms with Crippen LogP contribution in [0.4, 0.5) is 13.2 Å². The van der Waals surface area contributed by atoms with Crippen LogP contribution in [0, 0.1) is 0 Å². The lowest BCUT2D eigenvalue weighted by Gasteiger charge is -2.11. The van der Waals surface area contributed by atoms with Crippen LogP contribution in [0.15, 0.2) is 24.3 Å². The topological polar surface area (TPSA) is 35.2 Å². The molecule has 0 saturated carbocycles. The third-order valence-electron chi connectivity index (χ3n) is 2.40. The average Bonchev–Trinajstić information content (AvgIpc) is 2.27. The van der Waals surface area contributed by atoms with Gasteiger partial charge in [-0.25, -0.2) is 0 Å². The summed E-state index contributed by atoms with van der Waals surface area (Å²) < 4.78 is 40.6. The van der Waals surface area contributed by atoms with Crippen LogP contribution in [0.5, 0.6) is 5.75 Å². The van der Waals surface area contributed by atoms with Crippen molar-refractivity contribution in [2.75, 3.05) is 6.61 Å². The lowest BCUT2D eigenvalue weighted by atomic mass is 10.1. The Morgan fingerprint density at radius 1 is 1.24 bits per heavy atom. The van der Waals surface area contributed by atoms with E-state index in [1.165, 1.54) is 0 Å². The second-order valence-electron chi connectivity index (χ2n) is 3.80. The van der Waals surface area contributed by atoms with Crippen LogP contribution in [-0.2, 0) is 0 Å². The first-order valence-electron chi connectivity index (χ1n) is 5.47. The molecule has 0 saturated heterocycles. The van der Waals surface area contributed by atoms with Crippen LogP contribution in [0.1, 0.15) is 31.4 Å². The van der Waals surface area contributed by atoms with Crippen molar-refractivity contribution in [1.82, 2.24) is 0 Å². The molecular formula is C12H16F3NO. The molecule has 2 N–H and O–H groups in total. The number of rotatable bonds is 5. The standard InChI is InChI=1S/C12H16F3NO/c1-2-11(16)9-3-5-10(6-4-9)17-8-7-12(13,14)15/h3-6,11H,2,7-8,16H2,1H3. The minimum atomic E-state index is -4.18. The van der Waals surface area contributed by atoms with Crippen molar-refractivity contribution < 1.29 is 17.9 Å². The van der Waals surface area contributed by atoms with Crippen LogP contribution < -0.4 is 10.5 Å². The van der Waals surface area contributed by atoms with Crippen LogP contribution in [-0.4, -0.2) is 12.8 Å². The van der Waals surface area contributed by atoms with E-state index in [0.717, 1.165) is 12.0 Å². The molecule has 2 nitrogen and oxygen atoms in total. The van der Waals surface area contributed by atoms with E-state index in [0.29, 0.717) is 5.75 Å². The maximum Gasteiger partial charge on any atom is 0.392 e. The molecule has 0 amide bonds. The van der Waals surface area contributed by atoms with Crippen molar-refractivity contribution in [3.63, 3.8) is 0 Å². The zero-order valence-electron chi connectivity index (χ0n) is 9.63. The Kier molecular flexibility index (Phi) is 4.81. The Hall–Kier alpha value is -1.23. The highest BCUT2D eigenvalue weighted by atomic mass is 19.4. The van der Waals surface area contributed by atoms with Crippen LogP contribution in [0.2, 0.25) is 0 Å². The Morgan fingerprint density at radius 3 is 2.29 bits per heavy atom. The molecule has 0 heterocycles. The van der Waals surface area contributed by atoms with Crippen molar-refractivity contribution >= 4 is 0 Å². The van der Waals surface area contributed by atoms with Crippen molar-refractivity contribution in [3.8, 4) is 5.75 Å². The van der Waals surface area contributed by atoms with E-state index in [-0.39, 0.29) is 12.6 Å². The minimum absolute atomic E-state index is 0.0424. The summed E-state index contributed by atoms with van der Waals surface area (Å²) in [4.78, 5) is 0. The molecule has 1 rings (SSSR count). The zero-order chi connectivity index (χ0) is 12.9. The Morgan fingerprint density at radius 2 is 1.82 bits per heavy atom. The normalized spacial score (nSPS) is 13.5. The second-order valence-corrected chi connectivity index (χ2v) is 3.80. The molecule has 1 aromatic rings. The van der Waals surface area contributed by atoms with Crippen LogP contribution in [0.3, 0.4) is 0 Å². The van der Waals surface area contributed by atoms with Gasteiger partial charge in [0.15, 0.2) is 0 Å². The number of nitrogens with two attached hydrogens (primary N) is 1. The largest absolute Gasteiger partial charge is 0.493 e. The lowest BCUT2D eigenvalue weighted by molar-refractivity contribution is -0.139. The fourth-order valence-electron chi connectivity index (χ4n) is 1.33. The van der Waals surface area contributed by atoms with Crippen molar-refractivity contribution in [3.05, 3.63) is 29.8 Å². The van der Waals surface area contributed by atoms with Crippen molar-refractivity contribution in [1.29, 1.82) is 0 Å². The molecule has 0 spiro atoms. The van der Waals surface area contributed by atoms with E-state index >= 15 is 0 Å². The van der Waals surface area contributed by atoms with Gasteiger partial charge >= 0.3 is 6.18 Å². The summed E-state index contributed by atoms with van der Waals surface area (Å²) in [6.45, 7) is 1.61. The first-order valence-corrected chi connectivity index (χ1v) is 5.47. The Labute approximate surface area is 98.6 Å². The molecule has 0 aliphatic heterocycles. The molecule has 0 fully saturated rings. The van der Waals surface area contributed by atoms with Gasteiger partial charge in [0.1, 0.15) is 5.75 Å². The minimum Gasteiger partial charge on any atom is -0.493 e. The summed E-state index contributed by atoms with van der Waals surface area (Å²) in [5.41, 5.74) is 6.77. The van der Waals surface area contributed by atoms with E-state index in [2.05, 4.69) is 0 Å². The molecule has 0 aromatic heterocycles. The van der Waals surface area contributed by atoms with E-state index in [4.69, 9.17) is 10.5 Å². The molecule has 96 valence electrons. The Bertz CT molecular complexity index is 335. The van der Waals surface area contributed by atoms with E-state index in [1.807, 2.05) is 6.92 Å². The molecule has 1 unspecified atom stereocenters. The molecule has 0 radical (unpaired) electrons. The van der Waals surface area contributed by atoms with Gasteiger partial charge in [0, 0.05) is 6.04 Å². The predicted octanol–water partition coefficient (Wildman–Crippen LogP) is 3.43. The molecule has 5 heteroatoms. The van der Waals surface area contributed by atoms with Gasteiger partial charge in [0.25, 0.3) is 0 Å².